The third kappa shape index (κ3) is 4.12. The SMILES string of the molecule is O=C(NC1CCSCC1)c1ccc(-c2noc(C(F)(F)F)n2)c(F)c1. The van der Waals surface area contributed by atoms with Crippen molar-refractivity contribution < 1.29 is 26.9 Å². The number of carbonyl (C=O) groups is 1. The van der Waals surface area contributed by atoms with Crippen molar-refractivity contribution >= 4 is 17.7 Å². The largest absolute Gasteiger partial charge is 0.471 e. The first-order valence-corrected chi connectivity index (χ1v) is 8.59. The van der Waals surface area contributed by atoms with E-state index in [4.69, 9.17) is 0 Å². The standard InChI is InChI=1S/C15H13F4N3O2S/c16-11-7-8(13(23)20-9-3-5-25-6-4-9)1-2-10(11)12-21-14(24-22-12)15(17,18)19/h1-2,7,9H,3-6H2,(H,20,23). The van der Waals surface area contributed by atoms with E-state index in [0.717, 1.165) is 36.5 Å². The minimum atomic E-state index is -4.81. The Morgan fingerprint density at radius 3 is 2.60 bits per heavy atom. The van der Waals surface area contributed by atoms with Crippen LogP contribution in [0.4, 0.5) is 17.6 Å². The van der Waals surface area contributed by atoms with E-state index in [2.05, 4.69) is 20.0 Å². The van der Waals surface area contributed by atoms with Gasteiger partial charge in [-0.05, 0) is 42.5 Å². The first-order chi connectivity index (χ1) is 11.8. The van der Waals surface area contributed by atoms with Gasteiger partial charge >= 0.3 is 12.1 Å². The highest BCUT2D eigenvalue weighted by Crippen LogP contribution is 2.30. The summed E-state index contributed by atoms with van der Waals surface area (Å²) >= 11 is 1.81. The van der Waals surface area contributed by atoms with Gasteiger partial charge < -0.3 is 9.84 Å². The van der Waals surface area contributed by atoms with E-state index in [1.54, 1.807) is 0 Å². The Morgan fingerprint density at radius 2 is 2.00 bits per heavy atom. The third-order valence-electron chi connectivity index (χ3n) is 3.70. The number of alkyl halides is 3. The van der Waals surface area contributed by atoms with Gasteiger partial charge in [-0.25, -0.2) is 4.39 Å². The number of rotatable bonds is 3. The topological polar surface area (TPSA) is 68.0 Å². The number of carbonyl (C=O) groups excluding carboxylic acids is 1. The van der Waals surface area contributed by atoms with Crippen LogP contribution in [0.25, 0.3) is 11.4 Å². The molecular weight excluding hydrogens is 362 g/mol. The van der Waals surface area contributed by atoms with Crippen molar-refractivity contribution in [3.05, 3.63) is 35.5 Å². The minimum absolute atomic E-state index is 0.0445. The summed E-state index contributed by atoms with van der Waals surface area (Å²) in [5.74, 6) is -1.50. The molecule has 1 N–H and O–H groups in total. The monoisotopic (exact) mass is 375 g/mol. The summed E-state index contributed by atoms with van der Waals surface area (Å²) < 4.78 is 55.7. The molecule has 1 aromatic carbocycles. The van der Waals surface area contributed by atoms with Gasteiger partial charge in [-0.3, -0.25) is 4.79 Å². The van der Waals surface area contributed by atoms with E-state index < -0.39 is 29.6 Å². The third-order valence-corrected chi connectivity index (χ3v) is 4.75. The van der Waals surface area contributed by atoms with Crippen molar-refractivity contribution in [3.8, 4) is 11.4 Å². The van der Waals surface area contributed by atoms with E-state index in [-0.39, 0.29) is 17.2 Å². The zero-order valence-electron chi connectivity index (χ0n) is 12.8. The van der Waals surface area contributed by atoms with E-state index >= 15 is 0 Å². The molecule has 1 aromatic heterocycles. The number of hydrogen-bond donors (Lipinski definition) is 1. The van der Waals surface area contributed by atoms with Gasteiger partial charge in [-0.2, -0.15) is 29.9 Å². The fourth-order valence-corrected chi connectivity index (χ4v) is 3.50. The molecule has 25 heavy (non-hydrogen) atoms. The maximum atomic E-state index is 14.2. The Hall–Kier alpha value is -2.10. The van der Waals surface area contributed by atoms with E-state index in [0.29, 0.717) is 0 Å². The summed E-state index contributed by atoms with van der Waals surface area (Å²) in [7, 11) is 0. The lowest BCUT2D eigenvalue weighted by Crippen LogP contribution is -2.37. The second-order valence-corrected chi connectivity index (χ2v) is 6.70. The number of hydrogen-bond acceptors (Lipinski definition) is 5. The lowest BCUT2D eigenvalue weighted by molar-refractivity contribution is -0.159. The fraction of sp³-hybridized carbons (Fsp3) is 0.400. The molecule has 2 aromatic rings. The van der Waals surface area contributed by atoms with Crippen LogP contribution in [0.15, 0.2) is 22.7 Å². The Labute approximate surface area is 144 Å². The first-order valence-electron chi connectivity index (χ1n) is 7.44. The molecule has 0 saturated carbocycles. The van der Waals surface area contributed by atoms with Crippen LogP contribution in [0.5, 0.6) is 0 Å². The maximum Gasteiger partial charge on any atom is 0.471 e. The quantitative estimate of drug-likeness (QED) is 0.832. The highest BCUT2D eigenvalue weighted by Gasteiger charge is 2.38. The van der Waals surface area contributed by atoms with Crippen LogP contribution in [-0.2, 0) is 6.18 Å². The van der Waals surface area contributed by atoms with Gasteiger partial charge in [0.1, 0.15) is 5.82 Å². The molecule has 0 spiro atoms. The summed E-state index contributed by atoms with van der Waals surface area (Å²) in [6.07, 6.45) is -3.11. The molecule has 134 valence electrons. The first kappa shape index (κ1) is 17.7. The van der Waals surface area contributed by atoms with E-state index in [9.17, 15) is 22.4 Å². The lowest BCUT2D eigenvalue weighted by atomic mass is 10.1. The highest BCUT2D eigenvalue weighted by molar-refractivity contribution is 7.99. The number of aromatic nitrogens is 2. The minimum Gasteiger partial charge on any atom is -0.349 e. The molecule has 1 saturated heterocycles. The molecule has 1 aliphatic heterocycles. The van der Waals surface area contributed by atoms with Crippen LogP contribution in [-0.4, -0.2) is 33.6 Å². The molecule has 1 fully saturated rings. The molecule has 0 aliphatic carbocycles. The summed E-state index contributed by atoms with van der Waals surface area (Å²) in [4.78, 5) is 15.3. The van der Waals surface area contributed by atoms with Gasteiger partial charge in [-0.15, -0.1) is 0 Å². The van der Waals surface area contributed by atoms with Crippen molar-refractivity contribution in [2.75, 3.05) is 11.5 Å². The van der Waals surface area contributed by atoms with Crippen molar-refractivity contribution in [2.24, 2.45) is 0 Å². The summed E-state index contributed by atoms with van der Waals surface area (Å²) in [5.41, 5.74) is -0.191. The van der Waals surface area contributed by atoms with Crippen LogP contribution >= 0.6 is 11.8 Å². The summed E-state index contributed by atoms with van der Waals surface area (Å²) in [6, 6.07) is 3.47. The highest BCUT2D eigenvalue weighted by atomic mass is 32.2. The molecule has 0 bridgehead atoms. The van der Waals surface area contributed by atoms with Crippen molar-refractivity contribution in [3.63, 3.8) is 0 Å². The Morgan fingerprint density at radius 1 is 1.28 bits per heavy atom. The zero-order valence-corrected chi connectivity index (χ0v) is 13.6. The zero-order chi connectivity index (χ0) is 18.0. The molecule has 3 rings (SSSR count). The molecule has 5 nitrogen and oxygen atoms in total. The number of benzene rings is 1. The van der Waals surface area contributed by atoms with Crippen LogP contribution in [0.2, 0.25) is 0 Å². The predicted octanol–water partition coefficient (Wildman–Crippen LogP) is 3.52. The van der Waals surface area contributed by atoms with E-state index in [1.165, 1.54) is 6.07 Å². The average Bonchev–Trinajstić information content (AvgIpc) is 3.05. The van der Waals surface area contributed by atoms with Gasteiger partial charge in [0.05, 0.1) is 5.56 Å². The molecule has 2 heterocycles. The summed E-state index contributed by atoms with van der Waals surface area (Å²) in [5, 5.41) is 5.96. The van der Waals surface area contributed by atoms with Gasteiger partial charge in [0.25, 0.3) is 5.91 Å². The van der Waals surface area contributed by atoms with Gasteiger partial charge in [0, 0.05) is 11.6 Å². The number of halogens is 4. The molecule has 1 aliphatic rings. The molecular formula is C15H13F4N3O2S. The van der Waals surface area contributed by atoms with Gasteiger partial charge in [-0.1, -0.05) is 5.16 Å². The van der Waals surface area contributed by atoms with Crippen molar-refractivity contribution in [1.29, 1.82) is 0 Å². The second-order valence-electron chi connectivity index (χ2n) is 5.48. The second kappa shape index (κ2) is 7.03. The molecule has 1 amide bonds. The van der Waals surface area contributed by atoms with Crippen LogP contribution in [0.3, 0.4) is 0 Å². The van der Waals surface area contributed by atoms with Gasteiger partial charge in [0.2, 0.25) is 5.82 Å². The maximum absolute atomic E-state index is 14.2. The Kier molecular flexibility index (Phi) is 4.98. The Bertz CT molecular complexity index is 772. The molecule has 10 heteroatoms. The number of thioether (sulfide) groups is 1. The van der Waals surface area contributed by atoms with Crippen LogP contribution in [0.1, 0.15) is 29.1 Å². The predicted molar refractivity (Wildman–Crippen MR) is 82.5 cm³/mol. The van der Waals surface area contributed by atoms with E-state index in [1.807, 2.05) is 11.8 Å². The summed E-state index contributed by atoms with van der Waals surface area (Å²) in [6.45, 7) is 0. The number of nitrogens with zero attached hydrogens (tertiary/aromatic N) is 2. The molecule has 0 radical (unpaired) electrons. The normalized spacial score (nSPS) is 16.0. The number of nitrogens with one attached hydrogen (secondary N) is 1. The lowest BCUT2D eigenvalue weighted by Gasteiger charge is -2.22. The van der Waals surface area contributed by atoms with Crippen LogP contribution in [0, 0.1) is 5.82 Å². The van der Waals surface area contributed by atoms with Gasteiger partial charge in [0.15, 0.2) is 0 Å². The average molecular weight is 375 g/mol. The molecule has 0 unspecified atom stereocenters. The molecule has 0 atom stereocenters. The number of amides is 1. The van der Waals surface area contributed by atoms with Crippen molar-refractivity contribution in [2.45, 2.75) is 25.1 Å². The van der Waals surface area contributed by atoms with Crippen molar-refractivity contribution in [1.82, 2.24) is 15.5 Å². The van der Waals surface area contributed by atoms with Crippen LogP contribution < -0.4 is 5.32 Å². The fourth-order valence-electron chi connectivity index (χ4n) is 2.40. The Balaban J connectivity index is 1.76. The smallest absolute Gasteiger partial charge is 0.349 e.